The summed E-state index contributed by atoms with van der Waals surface area (Å²) in [6.07, 6.45) is 15.4. The number of hydrogen-bond acceptors (Lipinski definition) is 3. The van der Waals surface area contributed by atoms with Crippen LogP contribution in [-0.4, -0.2) is 38.8 Å². The molecule has 2 N–H and O–H groups in total. The van der Waals surface area contributed by atoms with Crippen molar-refractivity contribution < 1.29 is 5.11 Å². The van der Waals surface area contributed by atoms with Crippen molar-refractivity contribution in [3.8, 4) is 0 Å². The second-order valence-electron chi connectivity index (χ2n) is 7.88. The predicted octanol–water partition coefficient (Wildman–Crippen LogP) is 2.91. The average Bonchev–Trinajstić information content (AvgIpc) is 2.92. The van der Waals surface area contributed by atoms with Crippen LogP contribution >= 0.6 is 11.6 Å². The van der Waals surface area contributed by atoms with Crippen LogP contribution in [0.2, 0.25) is 0 Å². The Labute approximate surface area is 172 Å². The third kappa shape index (κ3) is 4.88. The molecular formula is C22H32ClN3O2. The Morgan fingerprint density at radius 1 is 1.18 bits per heavy atom. The fraction of sp³-hybridized carbons (Fsp3) is 0.591. The van der Waals surface area contributed by atoms with E-state index in [0.717, 1.165) is 68.6 Å². The Kier molecular flexibility index (Phi) is 7.38. The molecule has 1 aromatic heterocycles. The number of rotatable bonds is 9. The monoisotopic (exact) mass is 405 g/mol. The van der Waals surface area contributed by atoms with Gasteiger partial charge in [0.2, 0.25) is 0 Å². The van der Waals surface area contributed by atoms with Crippen molar-refractivity contribution in [2.45, 2.75) is 50.0 Å². The summed E-state index contributed by atoms with van der Waals surface area (Å²) in [5, 5.41) is 14.1. The van der Waals surface area contributed by atoms with Gasteiger partial charge in [0.05, 0.1) is 17.2 Å². The van der Waals surface area contributed by atoms with Crippen LogP contribution in [-0.2, 0) is 20.5 Å². The smallest absolute Gasteiger partial charge is 0.328 e. The standard InChI is InChI=1S/C22H32ClN3O2/c1-25-19-11-10-17(15-20(19)26(2)22(25)28)21(27)9-5-6-13-24-14-12-16-7-3-4-8-18(16)23/h3-4,7-8,15-16,18,21,24,27H,5-6,9-14H2,1-2H3. The number of allylic oxidation sites excluding steroid dienone is 4. The summed E-state index contributed by atoms with van der Waals surface area (Å²) >= 11 is 6.29. The van der Waals surface area contributed by atoms with Crippen molar-refractivity contribution in [2.75, 3.05) is 13.1 Å². The minimum atomic E-state index is -0.417. The molecule has 2 aliphatic rings. The van der Waals surface area contributed by atoms with Crippen LogP contribution in [0.25, 0.3) is 6.08 Å². The third-order valence-electron chi connectivity index (χ3n) is 5.95. The molecule has 6 heteroatoms. The predicted molar refractivity (Wildman–Crippen MR) is 116 cm³/mol. The number of imidazole rings is 1. The number of nitrogens with one attached hydrogen (secondary N) is 1. The van der Waals surface area contributed by atoms with Gasteiger partial charge in [-0.3, -0.25) is 9.13 Å². The zero-order valence-electron chi connectivity index (χ0n) is 16.9. The lowest BCUT2D eigenvalue weighted by Gasteiger charge is -2.20. The second kappa shape index (κ2) is 9.77. The number of aliphatic hydroxyl groups is 1. The number of nitrogens with zero attached hydrogens (tertiary/aromatic N) is 2. The van der Waals surface area contributed by atoms with Crippen LogP contribution in [0.15, 0.2) is 34.7 Å². The van der Waals surface area contributed by atoms with Crippen molar-refractivity contribution in [3.63, 3.8) is 0 Å². The lowest BCUT2D eigenvalue weighted by Crippen LogP contribution is -2.23. The summed E-state index contributed by atoms with van der Waals surface area (Å²) < 4.78 is 3.39. The molecule has 0 fully saturated rings. The molecule has 0 radical (unpaired) electrons. The highest BCUT2D eigenvalue weighted by Crippen LogP contribution is 2.26. The van der Waals surface area contributed by atoms with Crippen molar-refractivity contribution >= 4 is 17.7 Å². The van der Waals surface area contributed by atoms with Crippen molar-refractivity contribution in [1.82, 2.24) is 14.5 Å². The summed E-state index contributed by atoms with van der Waals surface area (Å²) in [5.41, 5.74) is 3.06. The molecule has 0 aromatic carbocycles. The first kappa shape index (κ1) is 21.2. The van der Waals surface area contributed by atoms with E-state index in [1.807, 2.05) is 25.3 Å². The maximum atomic E-state index is 12.1. The zero-order valence-corrected chi connectivity index (χ0v) is 17.7. The largest absolute Gasteiger partial charge is 0.389 e. The molecule has 0 spiro atoms. The SMILES string of the molecule is Cn1c2c(n(C)c1=O)CCC(C(O)CCCCNCCC1C=CC=CC1Cl)=C2. The molecule has 154 valence electrons. The summed E-state index contributed by atoms with van der Waals surface area (Å²) in [6, 6.07) is 0. The Morgan fingerprint density at radius 2 is 1.96 bits per heavy atom. The lowest BCUT2D eigenvalue weighted by molar-refractivity contribution is 0.192. The van der Waals surface area contributed by atoms with E-state index < -0.39 is 6.10 Å². The van der Waals surface area contributed by atoms with Gasteiger partial charge in [0.15, 0.2) is 0 Å². The van der Waals surface area contributed by atoms with Crippen LogP contribution < -0.4 is 11.0 Å². The number of hydrogen-bond donors (Lipinski definition) is 2. The van der Waals surface area contributed by atoms with Crippen LogP contribution in [0.3, 0.4) is 0 Å². The molecule has 0 aliphatic heterocycles. The maximum absolute atomic E-state index is 12.1. The van der Waals surface area contributed by atoms with E-state index in [2.05, 4.69) is 17.5 Å². The highest BCUT2D eigenvalue weighted by molar-refractivity contribution is 6.22. The van der Waals surface area contributed by atoms with E-state index in [0.29, 0.717) is 5.92 Å². The van der Waals surface area contributed by atoms with Gasteiger partial charge in [-0.25, -0.2) is 4.79 Å². The normalized spacial score (nSPS) is 22.2. The maximum Gasteiger partial charge on any atom is 0.328 e. The number of alkyl halides is 1. The number of fused-ring (bicyclic) bond motifs is 1. The number of halogens is 1. The average molecular weight is 406 g/mol. The number of aliphatic hydroxyl groups excluding tert-OH is 1. The van der Waals surface area contributed by atoms with E-state index in [4.69, 9.17) is 11.6 Å². The van der Waals surface area contributed by atoms with E-state index >= 15 is 0 Å². The van der Waals surface area contributed by atoms with Crippen LogP contribution in [0, 0.1) is 5.92 Å². The van der Waals surface area contributed by atoms with Gasteiger partial charge in [0.25, 0.3) is 0 Å². The number of aromatic nitrogens is 2. The molecule has 1 aromatic rings. The highest BCUT2D eigenvalue weighted by atomic mass is 35.5. The Bertz CT molecular complexity index is 818. The fourth-order valence-electron chi connectivity index (χ4n) is 4.11. The highest BCUT2D eigenvalue weighted by Gasteiger charge is 2.22. The molecule has 28 heavy (non-hydrogen) atoms. The first-order valence-corrected chi connectivity index (χ1v) is 10.8. The first-order chi connectivity index (χ1) is 13.5. The third-order valence-corrected chi connectivity index (χ3v) is 6.41. The molecule has 3 rings (SSSR count). The van der Waals surface area contributed by atoms with Gasteiger partial charge >= 0.3 is 5.69 Å². The van der Waals surface area contributed by atoms with Gasteiger partial charge in [-0.2, -0.15) is 0 Å². The van der Waals surface area contributed by atoms with Gasteiger partial charge in [-0.05, 0) is 69.2 Å². The molecule has 3 unspecified atom stereocenters. The van der Waals surface area contributed by atoms with Gasteiger partial charge < -0.3 is 10.4 Å². The topological polar surface area (TPSA) is 59.2 Å². The Hall–Kier alpha value is -1.56. The molecular weight excluding hydrogens is 374 g/mol. The molecule has 0 amide bonds. The molecule has 0 bridgehead atoms. The Morgan fingerprint density at radius 3 is 2.75 bits per heavy atom. The Balaban J connectivity index is 1.36. The van der Waals surface area contributed by atoms with Gasteiger partial charge in [0.1, 0.15) is 0 Å². The molecule has 5 nitrogen and oxygen atoms in total. The quantitative estimate of drug-likeness (QED) is 0.490. The van der Waals surface area contributed by atoms with Crippen molar-refractivity contribution in [1.29, 1.82) is 0 Å². The summed E-state index contributed by atoms with van der Waals surface area (Å²) in [4.78, 5) is 12.1. The molecule has 3 atom stereocenters. The number of unbranched alkanes of at least 4 members (excludes halogenated alkanes) is 1. The van der Waals surface area contributed by atoms with Gasteiger partial charge in [-0.15, -0.1) is 11.6 Å². The molecule has 0 saturated carbocycles. The van der Waals surface area contributed by atoms with E-state index in [9.17, 15) is 9.90 Å². The summed E-state index contributed by atoms with van der Waals surface area (Å²) in [7, 11) is 3.61. The molecule has 1 heterocycles. The van der Waals surface area contributed by atoms with Crippen LogP contribution in [0.4, 0.5) is 0 Å². The van der Waals surface area contributed by atoms with Crippen LogP contribution in [0.1, 0.15) is 43.5 Å². The van der Waals surface area contributed by atoms with Crippen LogP contribution in [0.5, 0.6) is 0 Å². The van der Waals surface area contributed by atoms with Gasteiger partial charge in [0, 0.05) is 19.8 Å². The molecule has 0 saturated heterocycles. The lowest BCUT2D eigenvalue weighted by atomic mass is 9.93. The first-order valence-electron chi connectivity index (χ1n) is 10.3. The van der Waals surface area contributed by atoms with E-state index in [1.165, 1.54) is 0 Å². The minimum absolute atomic E-state index is 0.00305. The van der Waals surface area contributed by atoms with E-state index in [1.54, 1.807) is 16.2 Å². The fourth-order valence-corrected chi connectivity index (χ4v) is 4.40. The minimum Gasteiger partial charge on any atom is -0.389 e. The van der Waals surface area contributed by atoms with Gasteiger partial charge in [-0.1, -0.05) is 24.3 Å². The van der Waals surface area contributed by atoms with Crippen molar-refractivity contribution in [3.05, 3.63) is 51.7 Å². The second-order valence-corrected chi connectivity index (χ2v) is 8.38. The summed E-state index contributed by atoms with van der Waals surface area (Å²) in [5.74, 6) is 0.415. The van der Waals surface area contributed by atoms with Crippen molar-refractivity contribution in [2.24, 2.45) is 20.0 Å². The zero-order chi connectivity index (χ0) is 20.1. The summed E-state index contributed by atoms with van der Waals surface area (Å²) in [6.45, 7) is 1.92. The van der Waals surface area contributed by atoms with E-state index in [-0.39, 0.29) is 11.1 Å². The molecule has 2 aliphatic carbocycles.